The second-order valence-corrected chi connectivity index (χ2v) is 6.12. The Morgan fingerprint density at radius 2 is 1.81 bits per heavy atom. The minimum absolute atomic E-state index is 0.0516. The number of ether oxygens (including phenoxy) is 2. The van der Waals surface area contributed by atoms with Crippen LogP contribution in [0.25, 0.3) is 0 Å². The van der Waals surface area contributed by atoms with Crippen molar-refractivity contribution >= 4 is 17.3 Å². The summed E-state index contributed by atoms with van der Waals surface area (Å²) in [5, 5.41) is 14.6. The zero-order valence-corrected chi connectivity index (χ0v) is 15.7. The molecule has 0 bridgehead atoms. The number of hydrogen-bond donors (Lipinski definition) is 1. The number of hydrogen-bond acceptors (Lipinski definition) is 5. The van der Waals surface area contributed by atoms with Crippen molar-refractivity contribution in [2.45, 2.75) is 33.4 Å². The highest BCUT2D eigenvalue weighted by Crippen LogP contribution is 2.34. The fraction of sp³-hybridized carbons (Fsp3) is 0.368. The quantitative estimate of drug-likeness (QED) is 0.367. The molecule has 0 saturated heterocycles. The second-order valence-electron chi connectivity index (χ2n) is 5.71. The van der Waals surface area contributed by atoms with Crippen molar-refractivity contribution < 1.29 is 14.4 Å². The summed E-state index contributed by atoms with van der Waals surface area (Å²) < 4.78 is 11.5. The molecule has 0 atom stereocenters. The van der Waals surface area contributed by atoms with Gasteiger partial charge in [0.05, 0.1) is 11.5 Å². The van der Waals surface area contributed by atoms with E-state index in [0.29, 0.717) is 29.7 Å². The van der Waals surface area contributed by atoms with Gasteiger partial charge in [0.25, 0.3) is 5.69 Å². The molecule has 1 N–H and O–H groups in total. The fourth-order valence-electron chi connectivity index (χ4n) is 2.37. The summed E-state index contributed by atoms with van der Waals surface area (Å²) in [5.41, 5.74) is 1.82. The zero-order chi connectivity index (χ0) is 18.9. The van der Waals surface area contributed by atoms with Gasteiger partial charge in [-0.05, 0) is 49.2 Å². The summed E-state index contributed by atoms with van der Waals surface area (Å²) in [7, 11) is 0. The van der Waals surface area contributed by atoms with Gasteiger partial charge < -0.3 is 14.8 Å². The van der Waals surface area contributed by atoms with Crippen LogP contribution in [0.1, 0.15) is 31.4 Å². The molecule has 0 heterocycles. The van der Waals surface area contributed by atoms with Gasteiger partial charge in [-0.15, -0.1) is 0 Å². The normalized spacial score (nSPS) is 10.6. The van der Waals surface area contributed by atoms with Gasteiger partial charge in [-0.1, -0.05) is 18.5 Å². The van der Waals surface area contributed by atoms with Crippen molar-refractivity contribution in [3.05, 3.63) is 62.7 Å². The summed E-state index contributed by atoms with van der Waals surface area (Å²) in [6, 6.07) is 9.89. The van der Waals surface area contributed by atoms with E-state index in [1.165, 1.54) is 12.1 Å². The van der Waals surface area contributed by atoms with Crippen LogP contribution in [0.3, 0.4) is 0 Å². The number of non-ortho nitro benzene ring substituents is 1. The van der Waals surface area contributed by atoms with E-state index in [1.807, 2.05) is 13.0 Å². The second kappa shape index (κ2) is 9.99. The third kappa shape index (κ3) is 5.61. The van der Waals surface area contributed by atoms with Crippen LogP contribution in [0, 0.1) is 10.1 Å². The molecule has 2 aromatic rings. The molecule has 0 aliphatic rings. The minimum atomic E-state index is -0.428. The Hall–Kier alpha value is -2.31. The molecular formula is C19H23ClN2O4. The first-order valence-electron chi connectivity index (χ1n) is 8.57. The summed E-state index contributed by atoms with van der Waals surface area (Å²) in [6.45, 7) is 6.37. The first-order valence-corrected chi connectivity index (χ1v) is 8.95. The third-order valence-corrected chi connectivity index (χ3v) is 4.05. The number of benzene rings is 2. The number of rotatable bonds is 10. The van der Waals surface area contributed by atoms with E-state index in [9.17, 15) is 10.1 Å². The molecule has 7 heteroatoms. The van der Waals surface area contributed by atoms with Gasteiger partial charge >= 0.3 is 0 Å². The highest BCUT2D eigenvalue weighted by atomic mass is 35.5. The SMILES string of the molecule is CCCNCc1cc(OCC)c(OCc2ccc([N+](=O)[O-])cc2)cc1Cl. The standard InChI is InChI=1S/C19H23ClN2O4/c1-3-9-21-12-15-10-18(25-4-2)19(11-17(15)20)26-13-14-5-7-16(8-6-14)22(23)24/h5-8,10-11,21H,3-4,9,12-13H2,1-2H3. The average Bonchev–Trinajstić information content (AvgIpc) is 2.63. The monoisotopic (exact) mass is 378 g/mol. The maximum Gasteiger partial charge on any atom is 0.269 e. The number of nitro groups is 1. The first kappa shape index (κ1) is 20.0. The molecule has 0 spiro atoms. The van der Waals surface area contributed by atoms with E-state index in [0.717, 1.165) is 24.1 Å². The molecule has 2 rings (SSSR count). The van der Waals surface area contributed by atoms with E-state index in [1.54, 1.807) is 18.2 Å². The van der Waals surface area contributed by atoms with E-state index >= 15 is 0 Å². The molecule has 0 aliphatic heterocycles. The van der Waals surface area contributed by atoms with Crippen LogP contribution < -0.4 is 14.8 Å². The summed E-state index contributed by atoms with van der Waals surface area (Å²) >= 11 is 6.37. The Bertz CT molecular complexity index is 735. The largest absolute Gasteiger partial charge is 0.490 e. The van der Waals surface area contributed by atoms with Gasteiger partial charge in [-0.3, -0.25) is 10.1 Å². The highest BCUT2D eigenvalue weighted by molar-refractivity contribution is 6.31. The summed E-state index contributed by atoms with van der Waals surface area (Å²) in [6.07, 6.45) is 1.05. The van der Waals surface area contributed by atoms with Crippen LogP contribution >= 0.6 is 11.6 Å². The lowest BCUT2D eigenvalue weighted by molar-refractivity contribution is -0.384. The van der Waals surface area contributed by atoms with Crippen molar-refractivity contribution in [2.75, 3.05) is 13.2 Å². The molecule has 26 heavy (non-hydrogen) atoms. The van der Waals surface area contributed by atoms with Gasteiger partial charge in [0.15, 0.2) is 11.5 Å². The zero-order valence-electron chi connectivity index (χ0n) is 15.0. The van der Waals surface area contributed by atoms with Crippen LogP contribution in [0.5, 0.6) is 11.5 Å². The van der Waals surface area contributed by atoms with E-state index in [2.05, 4.69) is 12.2 Å². The average molecular weight is 379 g/mol. The van der Waals surface area contributed by atoms with Crippen molar-refractivity contribution in [2.24, 2.45) is 0 Å². The Balaban J connectivity index is 2.11. The van der Waals surface area contributed by atoms with Crippen LogP contribution in [-0.2, 0) is 13.2 Å². The minimum Gasteiger partial charge on any atom is -0.490 e. The fourth-order valence-corrected chi connectivity index (χ4v) is 2.59. The number of halogens is 1. The van der Waals surface area contributed by atoms with Gasteiger partial charge in [0.2, 0.25) is 0 Å². The molecule has 0 unspecified atom stereocenters. The Morgan fingerprint density at radius 1 is 1.12 bits per heavy atom. The third-order valence-electron chi connectivity index (χ3n) is 3.70. The summed E-state index contributed by atoms with van der Waals surface area (Å²) in [5.74, 6) is 1.18. The van der Waals surface area contributed by atoms with E-state index in [-0.39, 0.29) is 12.3 Å². The van der Waals surface area contributed by atoms with Crippen LogP contribution in [-0.4, -0.2) is 18.1 Å². The maximum absolute atomic E-state index is 10.7. The molecule has 140 valence electrons. The molecule has 0 aromatic heterocycles. The van der Waals surface area contributed by atoms with Gasteiger partial charge in [-0.2, -0.15) is 0 Å². The molecule has 0 aliphatic carbocycles. The number of nitrogens with zero attached hydrogens (tertiary/aromatic N) is 1. The van der Waals surface area contributed by atoms with E-state index < -0.39 is 4.92 Å². The predicted octanol–water partition coefficient (Wildman–Crippen LogP) is 4.73. The number of nitrogens with one attached hydrogen (secondary N) is 1. The van der Waals surface area contributed by atoms with Gasteiger partial charge in [0.1, 0.15) is 6.61 Å². The predicted molar refractivity (Wildman–Crippen MR) is 102 cm³/mol. The molecule has 2 aromatic carbocycles. The maximum atomic E-state index is 10.7. The van der Waals surface area contributed by atoms with Crippen LogP contribution in [0.4, 0.5) is 5.69 Å². The summed E-state index contributed by atoms with van der Waals surface area (Å²) in [4.78, 5) is 10.3. The molecule has 0 saturated carbocycles. The molecule has 6 nitrogen and oxygen atoms in total. The lowest BCUT2D eigenvalue weighted by atomic mass is 10.2. The number of nitro benzene ring substituents is 1. The van der Waals surface area contributed by atoms with Crippen molar-refractivity contribution in [3.8, 4) is 11.5 Å². The van der Waals surface area contributed by atoms with E-state index in [4.69, 9.17) is 21.1 Å². The van der Waals surface area contributed by atoms with Gasteiger partial charge in [0, 0.05) is 29.8 Å². The lowest BCUT2D eigenvalue weighted by Crippen LogP contribution is -2.14. The Kier molecular flexibility index (Phi) is 7.69. The lowest BCUT2D eigenvalue weighted by Gasteiger charge is -2.15. The first-order chi connectivity index (χ1) is 12.5. The molecule has 0 amide bonds. The van der Waals surface area contributed by atoms with Crippen LogP contribution in [0.15, 0.2) is 36.4 Å². The highest BCUT2D eigenvalue weighted by Gasteiger charge is 2.12. The molecule has 0 fully saturated rings. The van der Waals surface area contributed by atoms with Crippen molar-refractivity contribution in [1.82, 2.24) is 5.32 Å². The smallest absolute Gasteiger partial charge is 0.269 e. The Morgan fingerprint density at radius 3 is 2.42 bits per heavy atom. The van der Waals surface area contributed by atoms with Crippen molar-refractivity contribution in [1.29, 1.82) is 0 Å². The Labute approximate surface area is 158 Å². The molecule has 0 radical (unpaired) electrons. The van der Waals surface area contributed by atoms with Gasteiger partial charge in [-0.25, -0.2) is 0 Å². The molecular weight excluding hydrogens is 356 g/mol. The van der Waals surface area contributed by atoms with Crippen molar-refractivity contribution in [3.63, 3.8) is 0 Å². The topological polar surface area (TPSA) is 73.6 Å². The van der Waals surface area contributed by atoms with Crippen LogP contribution in [0.2, 0.25) is 5.02 Å².